The fraction of sp³-hybridized carbons (Fsp3) is 0.940. The topological polar surface area (TPSA) is 176 Å². The molecule has 60 heavy (non-hydrogen) atoms. The molecule has 0 radical (unpaired) electrons. The van der Waals surface area contributed by atoms with Gasteiger partial charge < -0.3 is 32.1 Å². The molecule has 8 N–H and O–H groups in total. The molecule has 0 fully saturated rings. The average molecular weight is 1010 g/mol. The molecule has 0 aliphatic heterocycles. The molecular formula is C50H113GdN3O6. The summed E-state index contributed by atoms with van der Waals surface area (Å²) in [6.07, 6.45) is 45.8. The van der Waals surface area contributed by atoms with Gasteiger partial charge in [0.15, 0.2) is 0 Å². The molecule has 372 valence electrons. The zero-order chi connectivity index (χ0) is 46.9. The maximum atomic E-state index is 9.00. The molecular weight excluding hydrogens is 896 g/mol. The Bertz CT molecular complexity index is 535. The molecule has 0 saturated heterocycles. The van der Waals surface area contributed by atoms with Crippen LogP contribution in [0, 0.1) is 39.9 Å². The second-order valence-electron chi connectivity index (χ2n) is 15.4. The van der Waals surface area contributed by atoms with Gasteiger partial charge in [-0.3, -0.25) is 14.4 Å². The molecule has 0 amide bonds. The number of aliphatic carboxylic acids is 3. The molecule has 0 aliphatic rings. The third-order valence-corrected chi connectivity index (χ3v) is 8.47. The number of hydrogen-bond acceptors (Lipinski definition) is 6. The summed E-state index contributed by atoms with van der Waals surface area (Å²) < 4.78 is 0. The van der Waals surface area contributed by atoms with Crippen LogP contribution in [0.15, 0.2) is 0 Å². The number of nitrogens with one attached hydrogen (secondary N) is 1. The molecule has 0 aromatic heterocycles. The van der Waals surface area contributed by atoms with Crippen molar-refractivity contribution in [3.8, 4) is 0 Å². The van der Waals surface area contributed by atoms with Crippen LogP contribution in [0.4, 0.5) is 0 Å². The Morgan fingerprint density at radius 2 is 0.417 bits per heavy atom. The number of unbranched alkanes of at least 4 members (excludes halogenated alkanes) is 28. The van der Waals surface area contributed by atoms with Crippen LogP contribution in [-0.4, -0.2) is 59.4 Å². The van der Waals surface area contributed by atoms with Gasteiger partial charge in [0.2, 0.25) is 0 Å². The van der Waals surface area contributed by atoms with Gasteiger partial charge in [0.1, 0.15) is 0 Å². The predicted molar refractivity (Wildman–Crippen MR) is 264 cm³/mol. The first-order valence-corrected chi connectivity index (χ1v) is 25.0. The molecule has 0 heterocycles. The molecule has 0 aromatic carbocycles. The quantitative estimate of drug-likeness (QED) is 0.0358. The first kappa shape index (κ1) is 79.9. The minimum atomic E-state index is -0.833. The summed E-state index contributed by atoms with van der Waals surface area (Å²) in [6, 6.07) is 0. The van der Waals surface area contributed by atoms with Gasteiger partial charge >= 0.3 is 0 Å². The van der Waals surface area contributed by atoms with E-state index in [9.17, 15) is 0 Å². The van der Waals surface area contributed by atoms with Crippen LogP contribution in [0.25, 0.3) is 0 Å². The van der Waals surface area contributed by atoms with Crippen molar-refractivity contribution in [3.63, 3.8) is 0 Å². The fourth-order valence-corrected chi connectivity index (χ4v) is 5.16. The van der Waals surface area contributed by atoms with E-state index in [0.29, 0.717) is 13.1 Å². The van der Waals surface area contributed by atoms with E-state index >= 15 is 0 Å². The Labute approximate surface area is 409 Å². The largest absolute Gasteiger partial charge is 0.481 e. The van der Waals surface area contributed by atoms with E-state index in [1.165, 1.54) is 205 Å². The number of carboxylic acid groups (broad SMARTS) is 3. The van der Waals surface area contributed by atoms with Crippen molar-refractivity contribution in [1.82, 2.24) is 5.32 Å². The van der Waals surface area contributed by atoms with Gasteiger partial charge in [-0.1, -0.05) is 261 Å². The molecule has 0 saturated carbocycles. The predicted octanol–water partition coefficient (Wildman–Crippen LogP) is 15.4. The van der Waals surface area contributed by atoms with Crippen LogP contribution in [0.3, 0.4) is 0 Å². The Balaban J connectivity index is -0.0000000724. The van der Waals surface area contributed by atoms with Crippen molar-refractivity contribution in [2.45, 2.75) is 282 Å². The van der Waals surface area contributed by atoms with Crippen LogP contribution < -0.4 is 16.8 Å². The van der Waals surface area contributed by atoms with Crippen LogP contribution in [0.2, 0.25) is 0 Å². The molecule has 9 nitrogen and oxygen atoms in total. The number of hydrogen-bond donors (Lipinski definition) is 6. The number of carboxylic acids is 3. The van der Waals surface area contributed by atoms with E-state index in [2.05, 4.69) is 60.7 Å². The number of nitrogens with two attached hydrogens (primary N) is 2. The normalized spacial score (nSPS) is 9.15. The number of rotatable bonds is 32. The number of carbonyl (C=O) groups is 3. The second-order valence-corrected chi connectivity index (χ2v) is 15.4. The molecule has 0 unspecified atom stereocenters. The van der Waals surface area contributed by atoms with Gasteiger partial charge in [-0.2, -0.15) is 0 Å². The Kier molecular flexibility index (Phi) is 125. The van der Waals surface area contributed by atoms with Crippen LogP contribution in [0.1, 0.15) is 282 Å². The second kappa shape index (κ2) is 93.5. The zero-order valence-electron chi connectivity index (χ0n) is 42.5. The van der Waals surface area contributed by atoms with Crippen molar-refractivity contribution >= 4 is 17.9 Å². The first-order chi connectivity index (χ1) is 28.3. The molecule has 0 atom stereocenters. The van der Waals surface area contributed by atoms with Gasteiger partial charge in [0.25, 0.3) is 17.9 Å². The van der Waals surface area contributed by atoms with Crippen LogP contribution >= 0.6 is 0 Å². The zero-order valence-corrected chi connectivity index (χ0v) is 44.8. The summed E-state index contributed by atoms with van der Waals surface area (Å²) in [5.41, 5.74) is 10.3. The molecule has 10 heteroatoms. The standard InChI is InChI=1S/4C10H22.C4H13N3.3C2H4O2.Gd/c4*1-3-5-7-9-10-8-6-4-2;5-1-3-7-4-2-6;3*1-2(3)4;/h4*3-10H2,1-2H3;7H,1-6H2;3*1H3,(H,3,4);. The van der Waals surface area contributed by atoms with E-state index in [1.54, 1.807) is 0 Å². The van der Waals surface area contributed by atoms with Crippen LogP contribution in [-0.2, 0) is 14.4 Å². The van der Waals surface area contributed by atoms with Crippen LogP contribution in [0.5, 0.6) is 0 Å². The van der Waals surface area contributed by atoms with E-state index < -0.39 is 17.9 Å². The van der Waals surface area contributed by atoms with E-state index in [1.807, 2.05) is 0 Å². The summed E-state index contributed by atoms with van der Waals surface area (Å²) >= 11 is 0. The molecule has 0 spiro atoms. The third-order valence-electron chi connectivity index (χ3n) is 8.47. The van der Waals surface area contributed by atoms with Gasteiger partial charge in [0, 0.05) is 86.9 Å². The summed E-state index contributed by atoms with van der Waals surface area (Å²) in [5.74, 6) is -2.50. The third kappa shape index (κ3) is 185. The van der Waals surface area contributed by atoms with Gasteiger partial charge in [-0.05, 0) is 0 Å². The first-order valence-electron chi connectivity index (χ1n) is 25.0. The summed E-state index contributed by atoms with van der Waals surface area (Å²) in [7, 11) is 0. The SMILES string of the molecule is CC(=O)O.CC(=O)O.CC(=O)O.CCCCCCCCCC.CCCCCCCCCC.CCCCCCCCCC.CCCCCCCCCC.NCCNCCN.[Gd]. The van der Waals surface area contributed by atoms with Gasteiger partial charge in [-0.25, -0.2) is 0 Å². The smallest absolute Gasteiger partial charge is 0.300 e. The Morgan fingerprint density at radius 3 is 0.500 bits per heavy atom. The minimum Gasteiger partial charge on any atom is -0.481 e. The van der Waals surface area contributed by atoms with Crippen molar-refractivity contribution < 1.29 is 69.6 Å². The maximum absolute atomic E-state index is 9.00. The van der Waals surface area contributed by atoms with Crippen molar-refractivity contribution in [1.29, 1.82) is 0 Å². The molecule has 0 aromatic rings. The van der Waals surface area contributed by atoms with E-state index in [0.717, 1.165) is 33.9 Å². The van der Waals surface area contributed by atoms with Crippen molar-refractivity contribution in [3.05, 3.63) is 0 Å². The maximum Gasteiger partial charge on any atom is 0.300 e. The average Bonchev–Trinajstić information content (AvgIpc) is 3.18. The summed E-state index contributed by atoms with van der Waals surface area (Å²) in [5, 5.41) is 25.3. The van der Waals surface area contributed by atoms with Gasteiger partial charge in [0.05, 0.1) is 0 Å². The molecule has 0 rings (SSSR count). The Hall–Kier alpha value is -0.385. The Morgan fingerprint density at radius 1 is 0.317 bits per heavy atom. The van der Waals surface area contributed by atoms with Crippen molar-refractivity contribution in [2.24, 2.45) is 11.5 Å². The monoisotopic (exact) mass is 1010 g/mol. The van der Waals surface area contributed by atoms with Crippen molar-refractivity contribution in [2.75, 3.05) is 26.2 Å². The molecule has 0 aliphatic carbocycles. The fourth-order valence-electron chi connectivity index (χ4n) is 5.16. The molecule has 0 bridgehead atoms. The van der Waals surface area contributed by atoms with E-state index in [4.69, 9.17) is 41.2 Å². The minimum absolute atomic E-state index is 0. The summed E-state index contributed by atoms with van der Waals surface area (Å²) in [6.45, 7) is 24.5. The van der Waals surface area contributed by atoms with E-state index in [-0.39, 0.29) is 39.9 Å². The van der Waals surface area contributed by atoms with Gasteiger partial charge in [-0.15, -0.1) is 0 Å². The summed E-state index contributed by atoms with van der Waals surface area (Å²) in [4.78, 5) is 27.0.